The first-order valence-corrected chi connectivity index (χ1v) is 7.47. The van der Waals surface area contributed by atoms with Crippen molar-refractivity contribution in [2.24, 2.45) is 0 Å². The van der Waals surface area contributed by atoms with Crippen LogP contribution in [0.3, 0.4) is 0 Å². The van der Waals surface area contributed by atoms with Crippen LogP contribution in [-0.2, 0) is 13.1 Å². The lowest BCUT2D eigenvalue weighted by Crippen LogP contribution is -2.25. The highest BCUT2D eigenvalue weighted by Crippen LogP contribution is 2.24. The normalized spacial score (nSPS) is 14.9. The minimum Gasteiger partial charge on any atom is -0.492 e. The van der Waals surface area contributed by atoms with Gasteiger partial charge in [0.2, 0.25) is 0 Å². The van der Waals surface area contributed by atoms with Gasteiger partial charge >= 0.3 is 0 Å². The number of nitrogens with zero attached hydrogens (tertiary/aromatic N) is 2. The summed E-state index contributed by atoms with van der Waals surface area (Å²) in [6.07, 6.45) is 1.84. The molecule has 0 saturated heterocycles. The summed E-state index contributed by atoms with van der Waals surface area (Å²) in [4.78, 5) is 6.84. The highest BCUT2D eigenvalue weighted by molar-refractivity contribution is 5.43. The van der Waals surface area contributed by atoms with E-state index in [1.165, 1.54) is 11.1 Å². The lowest BCUT2D eigenvalue weighted by molar-refractivity contribution is 0.220. The predicted octanol–water partition coefficient (Wildman–Crippen LogP) is 2.91. The van der Waals surface area contributed by atoms with Crippen LogP contribution >= 0.6 is 0 Å². The van der Waals surface area contributed by atoms with Gasteiger partial charge in [-0.3, -0.25) is 4.90 Å². The van der Waals surface area contributed by atoms with E-state index in [9.17, 15) is 0 Å². The lowest BCUT2D eigenvalue weighted by Gasteiger charge is -2.20. The second-order valence-electron chi connectivity index (χ2n) is 5.21. The molecule has 1 aliphatic rings. The first-order valence-electron chi connectivity index (χ1n) is 7.47. The van der Waals surface area contributed by atoms with Gasteiger partial charge in [0.05, 0.1) is 0 Å². The smallest absolute Gasteiger partial charge is 0.130 e. The fourth-order valence-corrected chi connectivity index (χ4v) is 2.65. The molecule has 110 valence electrons. The van der Waals surface area contributed by atoms with E-state index in [0.717, 1.165) is 44.4 Å². The molecule has 4 heteroatoms. The molecule has 0 atom stereocenters. The van der Waals surface area contributed by atoms with Crippen molar-refractivity contribution in [3.8, 4) is 5.75 Å². The zero-order chi connectivity index (χ0) is 14.5. The molecule has 4 nitrogen and oxygen atoms in total. The average molecular weight is 283 g/mol. The van der Waals surface area contributed by atoms with E-state index < -0.39 is 0 Å². The largest absolute Gasteiger partial charge is 0.492 e. The number of benzene rings is 1. The Hall–Kier alpha value is -2.07. The number of ether oxygens (including phenoxy) is 1. The second kappa shape index (κ2) is 6.59. The Morgan fingerprint density at radius 3 is 3.05 bits per heavy atom. The van der Waals surface area contributed by atoms with Gasteiger partial charge in [-0.1, -0.05) is 24.3 Å². The Morgan fingerprint density at radius 1 is 1.24 bits per heavy atom. The van der Waals surface area contributed by atoms with Crippen molar-refractivity contribution in [3.63, 3.8) is 0 Å². The molecule has 1 aromatic heterocycles. The van der Waals surface area contributed by atoms with Crippen molar-refractivity contribution in [2.75, 3.05) is 25.0 Å². The third-order valence-corrected chi connectivity index (χ3v) is 3.66. The number of hydrogen-bond acceptors (Lipinski definition) is 4. The monoisotopic (exact) mass is 283 g/mol. The van der Waals surface area contributed by atoms with Crippen LogP contribution in [-0.4, -0.2) is 29.6 Å². The van der Waals surface area contributed by atoms with Gasteiger partial charge in [0.1, 0.15) is 18.2 Å². The molecule has 0 unspecified atom stereocenters. The summed E-state index contributed by atoms with van der Waals surface area (Å²) < 4.78 is 5.82. The van der Waals surface area contributed by atoms with Crippen molar-refractivity contribution in [1.29, 1.82) is 0 Å². The van der Waals surface area contributed by atoms with Crippen LogP contribution in [0.5, 0.6) is 5.75 Å². The van der Waals surface area contributed by atoms with Crippen LogP contribution in [0, 0.1) is 0 Å². The molecule has 2 heterocycles. The fourth-order valence-electron chi connectivity index (χ4n) is 2.65. The Bertz CT molecular complexity index is 600. The van der Waals surface area contributed by atoms with E-state index in [2.05, 4.69) is 40.3 Å². The third-order valence-electron chi connectivity index (χ3n) is 3.66. The van der Waals surface area contributed by atoms with Crippen molar-refractivity contribution in [3.05, 3.63) is 53.7 Å². The molecule has 21 heavy (non-hydrogen) atoms. The highest BCUT2D eigenvalue weighted by Gasteiger charge is 2.16. The van der Waals surface area contributed by atoms with E-state index >= 15 is 0 Å². The average Bonchev–Trinajstić information content (AvgIpc) is 2.71. The molecule has 3 rings (SSSR count). The maximum absolute atomic E-state index is 5.82. The van der Waals surface area contributed by atoms with Crippen LogP contribution in [0.15, 0.2) is 42.6 Å². The molecule has 0 fully saturated rings. The maximum Gasteiger partial charge on any atom is 0.130 e. The number of fused-ring (bicyclic) bond motifs is 1. The van der Waals surface area contributed by atoms with E-state index in [0.29, 0.717) is 0 Å². The van der Waals surface area contributed by atoms with E-state index in [-0.39, 0.29) is 0 Å². The zero-order valence-corrected chi connectivity index (χ0v) is 12.4. The summed E-state index contributed by atoms with van der Waals surface area (Å²) in [6.45, 7) is 6.43. The number of aromatic nitrogens is 1. The summed E-state index contributed by atoms with van der Waals surface area (Å²) in [6, 6.07) is 12.4. The van der Waals surface area contributed by atoms with Crippen LogP contribution in [0.2, 0.25) is 0 Å². The molecule has 0 saturated carbocycles. The standard InChI is InChI=1S/C17H21N3O/c1-2-18-17-15(7-5-9-19-17)13-20-10-11-21-16-8-4-3-6-14(16)12-20/h3-9H,2,10-13H2,1H3,(H,18,19). The van der Waals surface area contributed by atoms with Crippen molar-refractivity contribution in [1.82, 2.24) is 9.88 Å². The van der Waals surface area contributed by atoms with Gasteiger partial charge in [-0.05, 0) is 19.1 Å². The van der Waals surface area contributed by atoms with Crippen LogP contribution in [0.1, 0.15) is 18.1 Å². The molecule has 0 bridgehead atoms. The fraction of sp³-hybridized carbons (Fsp3) is 0.353. The first-order chi connectivity index (χ1) is 10.4. The quantitative estimate of drug-likeness (QED) is 0.936. The summed E-state index contributed by atoms with van der Waals surface area (Å²) in [5, 5.41) is 3.33. The number of pyridine rings is 1. The minimum atomic E-state index is 0.730. The number of para-hydroxylation sites is 1. The van der Waals surface area contributed by atoms with Crippen LogP contribution < -0.4 is 10.1 Å². The molecular formula is C17H21N3O. The van der Waals surface area contributed by atoms with Crippen LogP contribution in [0.4, 0.5) is 5.82 Å². The number of hydrogen-bond donors (Lipinski definition) is 1. The Labute approximate surface area is 125 Å². The summed E-state index contributed by atoms with van der Waals surface area (Å²) in [5.74, 6) is 2.00. The molecule has 0 aliphatic carbocycles. The highest BCUT2D eigenvalue weighted by atomic mass is 16.5. The number of rotatable bonds is 4. The first kappa shape index (κ1) is 13.9. The molecule has 1 aliphatic heterocycles. The van der Waals surface area contributed by atoms with E-state index in [4.69, 9.17) is 4.74 Å². The molecule has 0 amide bonds. The summed E-state index contributed by atoms with van der Waals surface area (Å²) in [7, 11) is 0. The van der Waals surface area contributed by atoms with E-state index in [1.807, 2.05) is 24.4 Å². The topological polar surface area (TPSA) is 37.4 Å². The van der Waals surface area contributed by atoms with Gasteiger partial charge in [0.15, 0.2) is 0 Å². The molecule has 1 aromatic carbocycles. The Kier molecular flexibility index (Phi) is 4.36. The second-order valence-corrected chi connectivity index (χ2v) is 5.21. The SMILES string of the molecule is CCNc1ncccc1CN1CCOc2ccccc2C1. The molecule has 0 radical (unpaired) electrons. The zero-order valence-electron chi connectivity index (χ0n) is 12.4. The lowest BCUT2D eigenvalue weighted by atomic mass is 10.1. The molecule has 1 N–H and O–H groups in total. The number of anilines is 1. The van der Waals surface area contributed by atoms with Gasteiger partial charge in [0, 0.05) is 43.5 Å². The van der Waals surface area contributed by atoms with E-state index in [1.54, 1.807) is 0 Å². The minimum absolute atomic E-state index is 0.730. The van der Waals surface area contributed by atoms with Crippen molar-refractivity contribution < 1.29 is 4.74 Å². The molecule has 2 aromatic rings. The Balaban J connectivity index is 1.76. The maximum atomic E-state index is 5.82. The van der Waals surface area contributed by atoms with Crippen molar-refractivity contribution >= 4 is 5.82 Å². The van der Waals surface area contributed by atoms with Gasteiger partial charge in [0.25, 0.3) is 0 Å². The third kappa shape index (κ3) is 3.34. The van der Waals surface area contributed by atoms with Crippen molar-refractivity contribution in [2.45, 2.75) is 20.0 Å². The van der Waals surface area contributed by atoms with Gasteiger partial charge in [-0.2, -0.15) is 0 Å². The summed E-state index contributed by atoms with van der Waals surface area (Å²) in [5.41, 5.74) is 2.49. The number of nitrogens with one attached hydrogen (secondary N) is 1. The molecule has 0 spiro atoms. The molecular weight excluding hydrogens is 262 g/mol. The van der Waals surface area contributed by atoms with Gasteiger partial charge in [-0.15, -0.1) is 0 Å². The van der Waals surface area contributed by atoms with Gasteiger partial charge < -0.3 is 10.1 Å². The summed E-state index contributed by atoms with van der Waals surface area (Å²) >= 11 is 0. The predicted molar refractivity (Wildman–Crippen MR) is 84.5 cm³/mol. The Morgan fingerprint density at radius 2 is 2.14 bits per heavy atom. The van der Waals surface area contributed by atoms with Crippen LogP contribution in [0.25, 0.3) is 0 Å². The van der Waals surface area contributed by atoms with Gasteiger partial charge in [-0.25, -0.2) is 4.98 Å².